The Morgan fingerprint density at radius 2 is 1.43 bits per heavy atom. The van der Waals surface area contributed by atoms with Gasteiger partial charge in [-0.05, 0) is 35.4 Å². The molecule has 0 spiro atoms. The standard InChI is InChI=1S/C16H12F3NO/c17-16(18,19)9-10-21-15-7-5-14(6-8-15)13-3-1-12(11-20)2-4-13/h1-8H,9-10H2. The second-order valence-electron chi connectivity index (χ2n) is 4.43. The van der Waals surface area contributed by atoms with E-state index in [1.165, 1.54) is 0 Å². The Hall–Kier alpha value is -2.48. The van der Waals surface area contributed by atoms with Gasteiger partial charge in [0.1, 0.15) is 5.75 Å². The zero-order valence-corrected chi connectivity index (χ0v) is 11.0. The zero-order valence-electron chi connectivity index (χ0n) is 11.0. The molecule has 0 aliphatic rings. The average Bonchev–Trinajstić information content (AvgIpc) is 2.47. The van der Waals surface area contributed by atoms with Gasteiger partial charge in [0, 0.05) is 0 Å². The first-order chi connectivity index (χ1) is 9.98. The predicted octanol–water partition coefficient (Wildman–Crippen LogP) is 4.56. The monoisotopic (exact) mass is 291 g/mol. The van der Waals surface area contributed by atoms with Crippen LogP contribution in [0.15, 0.2) is 48.5 Å². The molecule has 2 aromatic rings. The summed E-state index contributed by atoms with van der Waals surface area (Å²) < 4.78 is 41.1. The molecule has 2 nitrogen and oxygen atoms in total. The van der Waals surface area contributed by atoms with Crippen molar-refractivity contribution in [2.45, 2.75) is 12.6 Å². The number of nitrogens with zero attached hydrogens (tertiary/aromatic N) is 1. The van der Waals surface area contributed by atoms with Gasteiger partial charge in [-0.15, -0.1) is 0 Å². The molecule has 0 N–H and O–H groups in total. The normalized spacial score (nSPS) is 11.0. The van der Waals surface area contributed by atoms with Crippen molar-refractivity contribution in [1.82, 2.24) is 0 Å². The van der Waals surface area contributed by atoms with Gasteiger partial charge in [0.25, 0.3) is 0 Å². The lowest BCUT2D eigenvalue weighted by atomic mass is 10.0. The number of rotatable bonds is 4. The van der Waals surface area contributed by atoms with E-state index in [0.29, 0.717) is 11.3 Å². The van der Waals surface area contributed by atoms with E-state index < -0.39 is 12.6 Å². The van der Waals surface area contributed by atoms with Crippen LogP contribution in [0.3, 0.4) is 0 Å². The van der Waals surface area contributed by atoms with Crippen LogP contribution >= 0.6 is 0 Å². The zero-order chi connectivity index (χ0) is 15.3. The minimum atomic E-state index is -4.21. The summed E-state index contributed by atoms with van der Waals surface area (Å²) in [6, 6.07) is 15.9. The van der Waals surface area contributed by atoms with Crippen molar-refractivity contribution in [2.24, 2.45) is 0 Å². The van der Waals surface area contributed by atoms with Crippen molar-refractivity contribution in [1.29, 1.82) is 5.26 Å². The maximum absolute atomic E-state index is 12.0. The third-order valence-corrected chi connectivity index (χ3v) is 2.86. The van der Waals surface area contributed by atoms with Crippen LogP contribution in [0.1, 0.15) is 12.0 Å². The number of hydrogen-bond acceptors (Lipinski definition) is 2. The van der Waals surface area contributed by atoms with Gasteiger partial charge in [-0.3, -0.25) is 0 Å². The number of nitriles is 1. The number of halogens is 3. The van der Waals surface area contributed by atoms with Crippen molar-refractivity contribution in [3.63, 3.8) is 0 Å². The quantitative estimate of drug-likeness (QED) is 0.827. The highest BCUT2D eigenvalue weighted by Crippen LogP contribution is 2.24. The Labute approximate surface area is 120 Å². The molecule has 0 unspecified atom stereocenters. The number of benzene rings is 2. The van der Waals surface area contributed by atoms with Crippen LogP contribution in [0.4, 0.5) is 13.2 Å². The molecule has 0 fully saturated rings. The van der Waals surface area contributed by atoms with Crippen LogP contribution in [0, 0.1) is 11.3 Å². The van der Waals surface area contributed by atoms with Crippen molar-refractivity contribution in [3.8, 4) is 22.9 Å². The van der Waals surface area contributed by atoms with Crippen molar-refractivity contribution in [3.05, 3.63) is 54.1 Å². The van der Waals surface area contributed by atoms with Gasteiger partial charge in [0.2, 0.25) is 0 Å². The van der Waals surface area contributed by atoms with E-state index in [-0.39, 0.29) is 6.61 Å². The average molecular weight is 291 g/mol. The minimum absolute atomic E-state index is 0.389. The topological polar surface area (TPSA) is 33.0 Å². The maximum Gasteiger partial charge on any atom is 0.392 e. The first kappa shape index (κ1) is 14.9. The van der Waals surface area contributed by atoms with Crippen LogP contribution in [-0.4, -0.2) is 12.8 Å². The summed E-state index contributed by atoms with van der Waals surface area (Å²) in [4.78, 5) is 0. The molecule has 0 saturated carbocycles. The number of hydrogen-bond donors (Lipinski definition) is 0. The lowest BCUT2D eigenvalue weighted by molar-refractivity contribution is -0.139. The molecule has 2 rings (SSSR count). The van der Waals surface area contributed by atoms with Crippen LogP contribution in [-0.2, 0) is 0 Å². The van der Waals surface area contributed by atoms with Crippen molar-refractivity contribution >= 4 is 0 Å². The summed E-state index contributed by atoms with van der Waals surface area (Å²) in [5, 5.41) is 8.73. The van der Waals surface area contributed by atoms with Gasteiger partial charge in [-0.1, -0.05) is 24.3 Å². The van der Waals surface area contributed by atoms with Crippen LogP contribution in [0.5, 0.6) is 5.75 Å². The van der Waals surface area contributed by atoms with Gasteiger partial charge in [-0.25, -0.2) is 0 Å². The summed E-state index contributed by atoms with van der Waals surface area (Å²) in [7, 11) is 0. The molecule has 2 aromatic carbocycles. The third-order valence-electron chi connectivity index (χ3n) is 2.86. The molecule has 0 saturated heterocycles. The molecule has 0 amide bonds. The summed E-state index contributed by atoms with van der Waals surface area (Å²) in [5.41, 5.74) is 2.41. The molecule has 0 radical (unpaired) electrons. The molecule has 0 aliphatic heterocycles. The number of ether oxygens (including phenoxy) is 1. The molecular formula is C16H12F3NO. The van der Waals surface area contributed by atoms with Gasteiger partial charge in [-0.2, -0.15) is 18.4 Å². The van der Waals surface area contributed by atoms with Crippen LogP contribution in [0.25, 0.3) is 11.1 Å². The van der Waals surface area contributed by atoms with Crippen molar-refractivity contribution in [2.75, 3.05) is 6.61 Å². The van der Waals surface area contributed by atoms with Gasteiger partial charge in [0.15, 0.2) is 0 Å². The van der Waals surface area contributed by atoms with E-state index in [1.807, 2.05) is 18.2 Å². The van der Waals surface area contributed by atoms with E-state index in [4.69, 9.17) is 10.00 Å². The molecule has 0 aliphatic carbocycles. The number of alkyl halides is 3. The highest BCUT2D eigenvalue weighted by atomic mass is 19.4. The molecule has 108 valence electrons. The SMILES string of the molecule is N#Cc1ccc(-c2ccc(OCCC(F)(F)F)cc2)cc1. The Bertz CT molecular complexity index is 625. The smallest absolute Gasteiger partial charge is 0.392 e. The minimum Gasteiger partial charge on any atom is -0.493 e. The highest BCUT2D eigenvalue weighted by Gasteiger charge is 2.26. The fourth-order valence-electron chi connectivity index (χ4n) is 1.77. The molecular weight excluding hydrogens is 279 g/mol. The van der Waals surface area contributed by atoms with E-state index in [1.54, 1.807) is 36.4 Å². The fourth-order valence-corrected chi connectivity index (χ4v) is 1.77. The summed E-state index contributed by atoms with van der Waals surface area (Å²) in [5.74, 6) is 0.400. The molecule has 21 heavy (non-hydrogen) atoms. The molecule has 0 bridgehead atoms. The van der Waals surface area contributed by atoms with Crippen molar-refractivity contribution < 1.29 is 17.9 Å². The van der Waals surface area contributed by atoms with E-state index in [9.17, 15) is 13.2 Å². The Morgan fingerprint density at radius 1 is 0.905 bits per heavy atom. The highest BCUT2D eigenvalue weighted by molar-refractivity contribution is 5.64. The third kappa shape index (κ3) is 4.53. The van der Waals surface area contributed by atoms with Crippen LogP contribution < -0.4 is 4.74 Å². The first-order valence-corrected chi connectivity index (χ1v) is 6.28. The van der Waals surface area contributed by atoms with E-state index >= 15 is 0 Å². The second kappa shape index (κ2) is 6.31. The Balaban J connectivity index is 2.00. The lowest BCUT2D eigenvalue weighted by Gasteiger charge is -2.09. The molecule has 0 aromatic heterocycles. The van der Waals surface area contributed by atoms with Gasteiger partial charge in [0.05, 0.1) is 24.7 Å². The molecule has 0 atom stereocenters. The molecule has 0 heterocycles. The van der Waals surface area contributed by atoms with Gasteiger partial charge >= 0.3 is 6.18 Å². The predicted molar refractivity (Wildman–Crippen MR) is 72.8 cm³/mol. The molecule has 5 heteroatoms. The second-order valence-corrected chi connectivity index (χ2v) is 4.43. The lowest BCUT2D eigenvalue weighted by Crippen LogP contribution is -2.12. The Kier molecular flexibility index (Phi) is 4.49. The Morgan fingerprint density at radius 3 is 1.90 bits per heavy atom. The van der Waals surface area contributed by atoms with Gasteiger partial charge < -0.3 is 4.74 Å². The summed E-state index contributed by atoms with van der Waals surface area (Å²) in [6.45, 7) is -0.389. The largest absolute Gasteiger partial charge is 0.493 e. The van der Waals surface area contributed by atoms with E-state index in [2.05, 4.69) is 0 Å². The van der Waals surface area contributed by atoms with E-state index in [0.717, 1.165) is 11.1 Å². The summed E-state index contributed by atoms with van der Waals surface area (Å²) >= 11 is 0. The summed E-state index contributed by atoms with van der Waals surface area (Å²) in [6.07, 6.45) is -5.17. The first-order valence-electron chi connectivity index (χ1n) is 6.28. The maximum atomic E-state index is 12.0. The van der Waals surface area contributed by atoms with Crippen LogP contribution in [0.2, 0.25) is 0 Å². The fraction of sp³-hybridized carbons (Fsp3) is 0.188.